The van der Waals surface area contributed by atoms with Crippen LogP contribution in [0.1, 0.15) is 6.42 Å². The Morgan fingerprint density at radius 2 is 2.18 bits per heavy atom. The Kier molecular flexibility index (Phi) is 2.68. The number of carbonyl (C=O) groups is 1. The van der Waals surface area contributed by atoms with Gasteiger partial charge in [-0.15, -0.1) is 0 Å². The molecule has 1 unspecified atom stereocenters. The Hall–Kier alpha value is -2.15. The van der Waals surface area contributed by atoms with Gasteiger partial charge in [-0.05, 0) is 6.07 Å². The van der Waals surface area contributed by atoms with E-state index in [1.165, 1.54) is 23.1 Å². The highest BCUT2D eigenvalue weighted by atomic mass is 16.6. The van der Waals surface area contributed by atoms with Gasteiger partial charge in [-0.1, -0.05) is 0 Å². The maximum Gasteiger partial charge on any atom is 0.271 e. The fourth-order valence-electron chi connectivity index (χ4n) is 1.85. The lowest BCUT2D eigenvalue weighted by atomic mass is 10.2. The molecule has 90 valence electrons. The summed E-state index contributed by atoms with van der Waals surface area (Å²) in [5.41, 5.74) is 12.0. The Labute approximate surface area is 97.1 Å². The summed E-state index contributed by atoms with van der Waals surface area (Å²) in [6.45, 7) is 0.338. The first-order valence-corrected chi connectivity index (χ1v) is 5.09. The zero-order valence-electron chi connectivity index (χ0n) is 9.00. The number of hydrogen-bond donors (Lipinski definition) is 2. The van der Waals surface area contributed by atoms with Gasteiger partial charge in [0.1, 0.15) is 0 Å². The van der Waals surface area contributed by atoms with Gasteiger partial charge in [-0.2, -0.15) is 0 Å². The van der Waals surface area contributed by atoms with E-state index in [-0.39, 0.29) is 24.1 Å². The molecule has 0 spiro atoms. The zero-order chi connectivity index (χ0) is 12.6. The van der Waals surface area contributed by atoms with E-state index >= 15 is 0 Å². The van der Waals surface area contributed by atoms with Crippen LogP contribution in [-0.4, -0.2) is 23.4 Å². The highest BCUT2D eigenvalue weighted by molar-refractivity contribution is 5.99. The van der Waals surface area contributed by atoms with Crippen molar-refractivity contribution in [2.75, 3.05) is 17.2 Å². The number of amides is 1. The molecule has 2 rings (SSSR count). The molecule has 1 amide bonds. The molecule has 1 aromatic carbocycles. The van der Waals surface area contributed by atoms with Gasteiger partial charge in [-0.25, -0.2) is 0 Å². The minimum Gasteiger partial charge on any atom is -0.397 e. The number of nitrogen functional groups attached to an aromatic ring is 1. The molecule has 1 atom stereocenters. The van der Waals surface area contributed by atoms with Crippen LogP contribution in [0.4, 0.5) is 17.1 Å². The molecule has 0 saturated carbocycles. The van der Waals surface area contributed by atoms with Crippen LogP contribution in [-0.2, 0) is 4.79 Å². The molecule has 17 heavy (non-hydrogen) atoms. The Bertz CT molecular complexity index is 488. The topological polar surface area (TPSA) is 115 Å². The number of nitro groups is 1. The van der Waals surface area contributed by atoms with Gasteiger partial charge >= 0.3 is 0 Å². The number of carbonyl (C=O) groups excluding carboxylic acids is 1. The third-order valence-corrected chi connectivity index (χ3v) is 2.67. The molecular formula is C10H12N4O3. The summed E-state index contributed by atoms with van der Waals surface area (Å²) in [6.07, 6.45) is 0.238. The third kappa shape index (κ3) is 2.04. The normalized spacial score (nSPS) is 19.7. The number of benzene rings is 1. The molecular weight excluding hydrogens is 224 g/mol. The Morgan fingerprint density at radius 1 is 1.47 bits per heavy atom. The quantitative estimate of drug-likeness (QED) is 0.433. The molecule has 1 aliphatic rings. The van der Waals surface area contributed by atoms with Crippen molar-refractivity contribution in [2.45, 2.75) is 12.5 Å². The van der Waals surface area contributed by atoms with Gasteiger partial charge in [-0.3, -0.25) is 14.9 Å². The van der Waals surface area contributed by atoms with Crippen molar-refractivity contribution in [1.82, 2.24) is 0 Å². The minimum absolute atomic E-state index is 0.0949. The number of hydrogen-bond acceptors (Lipinski definition) is 5. The molecule has 7 nitrogen and oxygen atoms in total. The highest BCUT2D eigenvalue weighted by Gasteiger charge is 2.30. The van der Waals surface area contributed by atoms with Crippen LogP contribution in [0.15, 0.2) is 18.2 Å². The summed E-state index contributed by atoms with van der Waals surface area (Å²) < 4.78 is 0. The molecule has 0 aromatic heterocycles. The number of nitrogens with two attached hydrogens (primary N) is 2. The maximum atomic E-state index is 11.6. The van der Waals surface area contributed by atoms with Crippen LogP contribution in [0, 0.1) is 10.1 Å². The van der Waals surface area contributed by atoms with E-state index in [4.69, 9.17) is 11.5 Å². The molecule has 7 heteroatoms. The molecule has 0 aliphatic carbocycles. The Balaban J connectivity index is 2.41. The van der Waals surface area contributed by atoms with Gasteiger partial charge in [0.25, 0.3) is 5.69 Å². The fraction of sp³-hybridized carbons (Fsp3) is 0.300. The van der Waals surface area contributed by atoms with E-state index in [1.807, 2.05) is 0 Å². The largest absolute Gasteiger partial charge is 0.397 e. The predicted octanol–water partition coefficient (Wildman–Crippen LogP) is 0.241. The van der Waals surface area contributed by atoms with Gasteiger partial charge in [0.05, 0.1) is 16.3 Å². The van der Waals surface area contributed by atoms with E-state index < -0.39 is 4.92 Å². The summed E-state index contributed by atoms with van der Waals surface area (Å²) in [6, 6.07) is 3.77. The maximum absolute atomic E-state index is 11.6. The molecule has 0 radical (unpaired) electrons. The monoisotopic (exact) mass is 236 g/mol. The lowest BCUT2D eigenvalue weighted by molar-refractivity contribution is -0.384. The van der Waals surface area contributed by atoms with Crippen molar-refractivity contribution in [3.05, 3.63) is 28.3 Å². The van der Waals surface area contributed by atoms with E-state index in [1.54, 1.807) is 0 Å². The molecule has 1 fully saturated rings. The van der Waals surface area contributed by atoms with Crippen molar-refractivity contribution >= 4 is 23.0 Å². The summed E-state index contributed by atoms with van der Waals surface area (Å²) in [5.74, 6) is -0.162. The predicted molar refractivity (Wildman–Crippen MR) is 62.5 cm³/mol. The first kappa shape index (κ1) is 11.3. The first-order valence-electron chi connectivity index (χ1n) is 5.09. The second kappa shape index (κ2) is 4.02. The number of rotatable bonds is 2. The van der Waals surface area contributed by atoms with Crippen LogP contribution in [0.5, 0.6) is 0 Å². The highest BCUT2D eigenvalue weighted by Crippen LogP contribution is 2.30. The van der Waals surface area contributed by atoms with Gasteiger partial charge < -0.3 is 16.4 Å². The van der Waals surface area contributed by atoms with Crippen molar-refractivity contribution in [1.29, 1.82) is 0 Å². The third-order valence-electron chi connectivity index (χ3n) is 2.67. The lowest BCUT2D eigenvalue weighted by Crippen LogP contribution is -2.28. The van der Waals surface area contributed by atoms with Crippen LogP contribution in [0.25, 0.3) is 0 Å². The standard InChI is InChI=1S/C10H12N4O3/c11-6-3-10(15)13(5-6)9-4-7(14(16)17)1-2-8(9)12/h1-2,4,6H,3,5,11-12H2. The first-order chi connectivity index (χ1) is 7.99. The molecule has 1 saturated heterocycles. The van der Waals surface area contributed by atoms with Crippen LogP contribution >= 0.6 is 0 Å². The number of nitro benzene ring substituents is 1. The summed E-state index contributed by atoms with van der Waals surface area (Å²) >= 11 is 0. The second-order valence-electron chi connectivity index (χ2n) is 3.97. The van der Waals surface area contributed by atoms with Crippen molar-refractivity contribution in [3.63, 3.8) is 0 Å². The van der Waals surface area contributed by atoms with Crippen LogP contribution in [0.3, 0.4) is 0 Å². The minimum atomic E-state index is -0.524. The van der Waals surface area contributed by atoms with Crippen LogP contribution < -0.4 is 16.4 Å². The second-order valence-corrected chi connectivity index (χ2v) is 3.97. The Morgan fingerprint density at radius 3 is 2.71 bits per heavy atom. The average Bonchev–Trinajstić information content (AvgIpc) is 2.58. The summed E-state index contributed by atoms with van der Waals surface area (Å²) in [4.78, 5) is 23.2. The number of nitrogens with zero attached hydrogens (tertiary/aromatic N) is 2. The van der Waals surface area contributed by atoms with E-state index in [0.29, 0.717) is 17.9 Å². The van der Waals surface area contributed by atoms with Crippen LogP contribution in [0.2, 0.25) is 0 Å². The lowest BCUT2D eigenvalue weighted by Gasteiger charge is -2.17. The smallest absolute Gasteiger partial charge is 0.271 e. The van der Waals surface area contributed by atoms with Gasteiger partial charge in [0, 0.05) is 31.1 Å². The molecule has 0 bridgehead atoms. The molecule has 1 aliphatic heterocycles. The van der Waals surface area contributed by atoms with Crippen molar-refractivity contribution in [3.8, 4) is 0 Å². The van der Waals surface area contributed by atoms with Gasteiger partial charge in [0.15, 0.2) is 0 Å². The molecule has 4 N–H and O–H groups in total. The summed E-state index contributed by atoms with van der Waals surface area (Å²) in [5, 5.41) is 10.7. The average molecular weight is 236 g/mol. The van der Waals surface area contributed by atoms with Crippen molar-refractivity contribution < 1.29 is 9.72 Å². The number of non-ortho nitro benzene ring substituents is 1. The fourth-order valence-corrected chi connectivity index (χ4v) is 1.85. The molecule has 1 aromatic rings. The van der Waals surface area contributed by atoms with Crippen molar-refractivity contribution in [2.24, 2.45) is 5.73 Å². The SMILES string of the molecule is Nc1ccc([N+](=O)[O-])cc1N1CC(N)CC1=O. The zero-order valence-corrected chi connectivity index (χ0v) is 9.00. The van der Waals surface area contributed by atoms with E-state index in [9.17, 15) is 14.9 Å². The summed E-state index contributed by atoms with van der Waals surface area (Å²) in [7, 11) is 0. The van der Waals surface area contributed by atoms with E-state index in [2.05, 4.69) is 0 Å². The molecule has 1 heterocycles. The number of anilines is 2. The van der Waals surface area contributed by atoms with E-state index in [0.717, 1.165) is 0 Å². The van der Waals surface area contributed by atoms with Gasteiger partial charge in [0.2, 0.25) is 5.91 Å².